The molecule has 1 aliphatic rings. The fourth-order valence-corrected chi connectivity index (χ4v) is 2.20. The average molecular weight is 242 g/mol. The number of nitrogens with one attached hydrogen (secondary N) is 1. The van der Waals surface area contributed by atoms with Crippen LogP contribution >= 0.6 is 12.2 Å². The molecule has 0 heterocycles. The monoisotopic (exact) mass is 242 g/mol. The van der Waals surface area contributed by atoms with Crippen LogP contribution in [-0.2, 0) is 4.79 Å². The van der Waals surface area contributed by atoms with E-state index in [9.17, 15) is 4.79 Å². The van der Waals surface area contributed by atoms with E-state index in [4.69, 9.17) is 18.0 Å². The van der Waals surface area contributed by atoms with Gasteiger partial charge in [-0.25, -0.2) is 0 Å². The second kappa shape index (κ2) is 5.62. The maximum absolute atomic E-state index is 12.1. The molecule has 92 valence electrons. The van der Waals surface area contributed by atoms with Crippen LogP contribution < -0.4 is 11.1 Å². The molecule has 0 aromatic carbocycles. The third kappa shape index (κ3) is 3.44. The zero-order valence-electron chi connectivity index (χ0n) is 10.2. The van der Waals surface area contributed by atoms with Crippen LogP contribution in [0.25, 0.3) is 0 Å². The lowest BCUT2D eigenvalue weighted by molar-refractivity contribution is -0.131. The Balaban J connectivity index is 2.42. The van der Waals surface area contributed by atoms with Crippen molar-refractivity contribution in [3.63, 3.8) is 0 Å². The summed E-state index contributed by atoms with van der Waals surface area (Å²) in [6, 6.07) is 0. The molecular formula is C12H22N2OS. The van der Waals surface area contributed by atoms with Gasteiger partial charge in [-0.05, 0) is 12.8 Å². The van der Waals surface area contributed by atoms with Gasteiger partial charge in [-0.1, -0.05) is 45.3 Å². The Morgan fingerprint density at radius 1 is 1.44 bits per heavy atom. The minimum atomic E-state index is -0.172. The molecule has 4 heteroatoms. The second-order valence-electron chi connectivity index (χ2n) is 5.13. The van der Waals surface area contributed by atoms with Crippen LogP contribution in [0.2, 0.25) is 0 Å². The Kier molecular flexibility index (Phi) is 4.71. The van der Waals surface area contributed by atoms with Crippen LogP contribution in [0.3, 0.4) is 0 Å². The second-order valence-corrected chi connectivity index (χ2v) is 5.61. The molecule has 1 unspecified atom stereocenters. The minimum absolute atomic E-state index is 0.0751. The van der Waals surface area contributed by atoms with Crippen molar-refractivity contribution in [1.29, 1.82) is 0 Å². The van der Waals surface area contributed by atoms with Gasteiger partial charge in [-0.15, -0.1) is 0 Å². The predicted molar refractivity (Wildman–Crippen MR) is 70.2 cm³/mol. The van der Waals surface area contributed by atoms with Gasteiger partial charge in [0.25, 0.3) is 0 Å². The normalized spacial score (nSPS) is 21.1. The summed E-state index contributed by atoms with van der Waals surface area (Å²) >= 11 is 4.88. The first-order valence-corrected chi connectivity index (χ1v) is 6.44. The lowest BCUT2D eigenvalue weighted by Crippen LogP contribution is -2.43. The zero-order valence-corrected chi connectivity index (χ0v) is 11.0. The number of hydrogen-bond acceptors (Lipinski definition) is 2. The van der Waals surface area contributed by atoms with Gasteiger partial charge >= 0.3 is 0 Å². The molecule has 3 nitrogen and oxygen atoms in total. The van der Waals surface area contributed by atoms with Crippen molar-refractivity contribution < 1.29 is 4.79 Å². The van der Waals surface area contributed by atoms with Crippen LogP contribution in [0, 0.1) is 11.3 Å². The van der Waals surface area contributed by atoms with Crippen LogP contribution in [0.4, 0.5) is 0 Å². The molecule has 16 heavy (non-hydrogen) atoms. The highest BCUT2D eigenvalue weighted by molar-refractivity contribution is 7.80. The summed E-state index contributed by atoms with van der Waals surface area (Å²) in [7, 11) is 0. The average Bonchev–Trinajstić information content (AvgIpc) is 2.26. The first-order valence-electron chi connectivity index (χ1n) is 6.03. The first-order chi connectivity index (χ1) is 7.46. The van der Waals surface area contributed by atoms with E-state index in [-0.39, 0.29) is 17.2 Å². The Bertz CT molecular complexity index is 272. The minimum Gasteiger partial charge on any atom is -0.393 e. The lowest BCUT2D eigenvalue weighted by atomic mass is 9.75. The van der Waals surface area contributed by atoms with E-state index in [1.807, 2.05) is 6.92 Å². The Morgan fingerprint density at radius 3 is 2.50 bits per heavy atom. The number of nitrogens with two attached hydrogens (primary N) is 1. The molecule has 1 rings (SSSR count). The number of thiocarbonyl (C=S) groups is 1. The van der Waals surface area contributed by atoms with E-state index in [1.54, 1.807) is 0 Å². The van der Waals surface area contributed by atoms with Gasteiger partial charge in [0.1, 0.15) is 0 Å². The molecule has 0 radical (unpaired) electrons. The van der Waals surface area contributed by atoms with E-state index in [1.165, 1.54) is 6.42 Å². The summed E-state index contributed by atoms with van der Waals surface area (Å²) in [6.45, 7) is 4.56. The SMILES string of the molecule is CC(CNC(=O)C1(C)CCCCC1)C(N)=S. The Labute approximate surface area is 103 Å². The predicted octanol–water partition coefficient (Wildman–Crippen LogP) is 2.00. The molecule has 1 aliphatic carbocycles. The summed E-state index contributed by atoms with van der Waals surface area (Å²) in [5, 5.41) is 2.97. The number of carbonyl (C=O) groups excluding carboxylic acids is 1. The summed E-state index contributed by atoms with van der Waals surface area (Å²) in [4.78, 5) is 12.5. The number of hydrogen-bond donors (Lipinski definition) is 2. The van der Waals surface area contributed by atoms with E-state index >= 15 is 0 Å². The quantitative estimate of drug-likeness (QED) is 0.741. The first kappa shape index (κ1) is 13.4. The summed E-state index contributed by atoms with van der Waals surface area (Å²) in [5.74, 6) is 0.237. The molecule has 1 atom stereocenters. The fourth-order valence-electron chi connectivity index (χ4n) is 2.12. The zero-order chi connectivity index (χ0) is 12.2. The van der Waals surface area contributed by atoms with Crippen molar-refractivity contribution in [2.45, 2.75) is 46.0 Å². The van der Waals surface area contributed by atoms with Crippen LogP contribution in [-0.4, -0.2) is 17.4 Å². The number of carbonyl (C=O) groups is 1. The van der Waals surface area contributed by atoms with Gasteiger partial charge in [0.05, 0.1) is 4.99 Å². The van der Waals surface area contributed by atoms with Gasteiger partial charge in [0.15, 0.2) is 0 Å². The van der Waals surface area contributed by atoms with E-state index in [2.05, 4.69) is 12.2 Å². The molecule has 0 bridgehead atoms. The topological polar surface area (TPSA) is 55.1 Å². The van der Waals surface area contributed by atoms with Gasteiger partial charge in [-0.2, -0.15) is 0 Å². The Hall–Kier alpha value is -0.640. The third-order valence-electron chi connectivity index (χ3n) is 3.56. The fraction of sp³-hybridized carbons (Fsp3) is 0.833. The van der Waals surface area contributed by atoms with Crippen LogP contribution in [0.15, 0.2) is 0 Å². The number of amides is 1. The molecule has 0 aromatic heterocycles. The molecule has 1 fully saturated rings. The molecule has 0 spiro atoms. The third-order valence-corrected chi connectivity index (χ3v) is 3.96. The van der Waals surface area contributed by atoms with E-state index in [0.717, 1.165) is 25.7 Å². The highest BCUT2D eigenvalue weighted by Gasteiger charge is 2.34. The van der Waals surface area contributed by atoms with E-state index < -0.39 is 0 Å². The standard InChI is InChI=1S/C12H22N2OS/c1-9(10(13)16)8-14-11(15)12(2)6-4-3-5-7-12/h9H,3-8H2,1-2H3,(H2,13,16)(H,14,15). The molecule has 0 aromatic rings. The van der Waals surface area contributed by atoms with Gasteiger partial charge in [0, 0.05) is 17.9 Å². The maximum atomic E-state index is 12.1. The maximum Gasteiger partial charge on any atom is 0.225 e. The number of rotatable bonds is 4. The highest BCUT2D eigenvalue weighted by atomic mass is 32.1. The van der Waals surface area contributed by atoms with Gasteiger partial charge < -0.3 is 11.1 Å². The van der Waals surface area contributed by atoms with Crippen LogP contribution in [0.5, 0.6) is 0 Å². The summed E-state index contributed by atoms with van der Waals surface area (Å²) in [6.07, 6.45) is 5.58. The summed E-state index contributed by atoms with van der Waals surface area (Å²) < 4.78 is 0. The smallest absolute Gasteiger partial charge is 0.225 e. The molecule has 1 saturated carbocycles. The van der Waals surface area contributed by atoms with E-state index in [0.29, 0.717) is 11.5 Å². The summed E-state index contributed by atoms with van der Waals surface area (Å²) in [5.41, 5.74) is 5.34. The molecular weight excluding hydrogens is 220 g/mol. The lowest BCUT2D eigenvalue weighted by Gasteiger charge is -2.32. The Morgan fingerprint density at radius 2 is 2.00 bits per heavy atom. The highest BCUT2D eigenvalue weighted by Crippen LogP contribution is 2.35. The largest absolute Gasteiger partial charge is 0.393 e. The van der Waals surface area contributed by atoms with Crippen LogP contribution in [0.1, 0.15) is 46.0 Å². The van der Waals surface area contributed by atoms with Crippen molar-refractivity contribution >= 4 is 23.1 Å². The van der Waals surface area contributed by atoms with Crippen molar-refractivity contribution in [2.75, 3.05) is 6.54 Å². The van der Waals surface area contributed by atoms with Crippen molar-refractivity contribution in [3.8, 4) is 0 Å². The molecule has 0 saturated heterocycles. The molecule has 0 aliphatic heterocycles. The van der Waals surface area contributed by atoms with Crippen molar-refractivity contribution in [1.82, 2.24) is 5.32 Å². The van der Waals surface area contributed by atoms with Crippen molar-refractivity contribution in [3.05, 3.63) is 0 Å². The molecule has 1 amide bonds. The van der Waals surface area contributed by atoms with Crippen molar-refractivity contribution in [2.24, 2.45) is 17.1 Å². The van der Waals surface area contributed by atoms with Gasteiger partial charge in [-0.3, -0.25) is 4.79 Å². The van der Waals surface area contributed by atoms with Gasteiger partial charge in [0.2, 0.25) is 5.91 Å². The molecule has 3 N–H and O–H groups in total.